The van der Waals surface area contributed by atoms with Crippen LogP contribution in [0.15, 0.2) is 60.8 Å². The second-order valence-electron chi connectivity index (χ2n) is 7.08. The summed E-state index contributed by atoms with van der Waals surface area (Å²) in [6.07, 6.45) is 1.67. The average molecular weight is 421 g/mol. The zero-order valence-corrected chi connectivity index (χ0v) is 16.5. The molecule has 0 aliphatic carbocycles. The van der Waals surface area contributed by atoms with Crippen molar-refractivity contribution in [1.82, 2.24) is 4.98 Å². The zero-order valence-electron chi connectivity index (χ0n) is 16.5. The predicted molar refractivity (Wildman–Crippen MR) is 113 cm³/mol. The van der Waals surface area contributed by atoms with Crippen molar-refractivity contribution in [2.45, 2.75) is 26.0 Å². The highest BCUT2D eigenvalue weighted by molar-refractivity contribution is 6.04. The van der Waals surface area contributed by atoms with Crippen LogP contribution in [0.3, 0.4) is 0 Å². The molecule has 0 atom stereocenters. The number of aromatic nitrogens is 1. The van der Waals surface area contributed by atoms with Gasteiger partial charge in [0.15, 0.2) is 0 Å². The number of amides is 2. The molecule has 2 heterocycles. The third kappa shape index (κ3) is 4.63. The fourth-order valence-corrected chi connectivity index (χ4v) is 3.41. The minimum atomic E-state index is -0.926. The van der Waals surface area contributed by atoms with E-state index in [2.05, 4.69) is 10.3 Å². The van der Waals surface area contributed by atoms with Gasteiger partial charge in [-0.1, -0.05) is 24.3 Å². The second kappa shape index (κ2) is 8.83. The van der Waals surface area contributed by atoms with E-state index in [1.54, 1.807) is 23.1 Å². The van der Waals surface area contributed by atoms with Crippen molar-refractivity contribution in [3.63, 3.8) is 0 Å². The number of hydrogen-bond acceptors (Lipinski definition) is 4. The van der Waals surface area contributed by atoms with Crippen LogP contribution in [0.4, 0.5) is 20.6 Å². The van der Waals surface area contributed by atoms with Crippen molar-refractivity contribution in [3.05, 3.63) is 83.4 Å². The highest BCUT2D eigenvalue weighted by Crippen LogP contribution is 2.33. The lowest BCUT2D eigenvalue weighted by atomic mass is 10.0. The Morgan fingerprint density at radius 2 is 2.03 bits per heavy atom. The Morgan fingerprint density at radius 3 is 2.84 bits per heavy atom. The second-order valence-corrected chi connectivity index (χ2v) is 7.08. The van der Waals surface area contributed by atoms with Crippen molar-refractivity contribution in [3.8, 4) is 5.75 Å². The number of hydrogen-bond donors (Lipinski definition) is 2. The molecule has 1 aromatic heterocycles. The van der Waals surface area contributed by atoms with E-state index in [0.717, 1.165) is 11.3 Å². The van der Waals surface area contributed by atoms with Crippen molar-refractivity contribution < 1.29 is 23.8 Å². The highest BCUT2D eigenvalue weighted by atomic mass is 19.1. The molecule has 0 unspecified atom stereocenters. The van der Waals surface area contributed by atoms with E-state index in [1.165, 1.54) is 18.3 Å². The van der Waals surface area contributed by atoms with Crippen LogP contribution < -0.4 is 15.0 Å². The molecule has 0 saturated carbocycles. The van der Waals surface area contributed by atoms with Gasteiger partial charge in [0.2, 0.25) is 0 Å². The van der Waals surface area contributed by atoms with Gasteiger partial charge in [-0.25, -0.2) is 9.18 Å². The number of aryl methyl sites for hydroxylation is 1. The molecule has 2 N–H and O–H groups in total. The van der Waals surface area contributed by atoms with Crippen LogP contribution in [-0.4, -0.2) is 22.1 Å². The van der Waals surface area contributed by atoms with Gasteiger partial charge in [0, 0.05) is 24.4 Å². The number of fused-ring (bicyclic) bond motifs is 1. The molecule has 1 aliphatic heterocycles. The molecule has 0 saturated heterocycles. The number of pyridine rings is 1. The van der Waals surface area contributed by atoms with Crippen LogP contribution in [-0.2, 0) is 24.4 Å². The Kier molecular flexibility index (Phi) is 5.79. The summed E-state index contributed by atoms with van der Waals surface area (Å²) in [4.78, 5) is 29.4. The number of carboxylic acids is 1. The van der Waals surface area contributed by atoms with Gasteiger partial charge in [0.25, 0.3) is 0 Å². The Morgan fingerprint density at radius 1 is 1.19 bits per heavy atom. The molecule has 0 spiro atoms. The van der Waals surface area contributed by atoms with Crippen LogP contribution in [0.5, 0.6) is 5.75 Å². The van der Waals surface area contributed by atoms with Gasteiger partial charge in [0.1, 0.15) is 23.9 Å². The minimum Gasteiger partial charge on any atom is -0.487 e. The summed E-state index contributed by atoms with van der Waals surface area (Å²) in [5.41, 5.74) is 3.10. The van der Waals surface area contributed by atoms with Crippen molar-refractivity contribution >= 4 is 23.4 Å². The number of carbonyl (C=O) groups excluding carboxylic acids is 1. The van der Waals surface area contributed by atoms with Gasteiger partial charge in [-0.15, -0.1) is 0 Å². The lowest BCUT2D eigenvalue weighted by Crippen LogP contribution is -2.39. The van der Waals surface area contributed by atoms with Crippen LogP contribution >= 0.6 is 0 Å². The first-order valence-corrected chi connectivity index (χ1v) is 9.74. The number of nitrogens with zero attached hydrogens (tertiary/aromatic N) is 2. The van der Waals surface area contributed by atoms with Gasteiger partial charge in [-0.05, 0) is 41.8 Å². The first-order valence-electron chi connectivity index (χ1n) is 9.74. The lowest BCUT2D eigenvalue weighted by Gasteiger charge is -2.31. The number of nitrogens with one attached hydrogen (secondary N) is 1. The lowest BCUT2D eigenvalue weighted by molar-refractivity contribution is -0.136. The SMILES string of the molecule is O=C(O)CCc1ccc(OCc2ncccc2F)cc1N1Cc2ccccc2NC1=O. The summed E-state index contributed by atoms with van der Waals surface area (Å²) in [7, 11) is 0. The van der Waals surface area contributed by atoms with Gasteiger partial charge >= 0.3 is 12.0 Å². The summed E-state index contributed by atoms with van der Waals surface area (Å²) in [5, 5.41) is 11.9. The van der Waals surface area contributed by atoms with E-state index in [1.807, 2.05) is 24.3 Å². The Balaban J connectivity index is 1.63. The third-order valence-corrected chi connectivity index (χ3v) is 5.00. The number of anilines is 2. The minimum absolute atomic E-state index is 0.0710. The number of benzene rings is 2. The molecule has 0 fully saturated rings. The average Bonchev–Trinajstić information content (AvgIpc) is 2.77. The van der Waals surface area contributed by atoms with Crippen LogP contribution in [0.25, 0.3) is 0 Å². The van der Waals surface area contributed by atoms with Crippen LogP contribution in [0.2, 0.25) is 0 Å². The van der Waals surface area contributed by atoms with E-state index in [9.17, 15) is 14.0 Å². The molecule has 0 bridgehead atoms. The molecule has 4 rings (SSSR count). The van der Waals surface area contributed by atoms with E-state index in [4.69, 9.17) is 9.84 Å². The number of urea groups is 1. The maximum atomic E-state index is 13.8. The molecule has 31 heavy (non-hydrogen) atoms. The van der Waals surface area contributed by atoms with Crippen LogP contribution in [0.1, 0.15) is 23.2 Å². The van der Waals surface area contributed by atoms with Crippen LogP contribution in [0, 0.1) is 5.82 Å². The quantitative estimate of drug-likeness (QED) is 0.591. The molecular formula is C23H20FN3O4. The number of carbonyl (C=O) groups is 2. The molecule has 8 heteroatoms. The van der Waals surface area contributed by atoms with E-state index in [0.29, 0.717) is 23.5 Å². The summed E-state index contributed by atoms with van der Waals surface area (Å²) < 4.78 is 19.5. The molecule has 3 aromatic rings. The largest absolute Gasteiger partial charge is 0.487 e. The Hall–Kier alpha value is -3.94. The van der Waals surface area contributed by atoms with Gasteiger partial charge in [-0.3, -0.25) is 14.7 Å². The molecule has 1 aliphatic rings. The highest BCUT2D eigenvalue weighted by Gasteiger charge is 2.26. The molecule has 7 nitrogen and oxygen atoms in total. The summed E-state index contributed by atoms with van der Waals surface area (Å²) in [6.45, 7) is 0.260. The van der Waals surface area contributed by atoms with Crippen molar-refractivity contribution in [1.29, 1.82) is 0 Å². The smallest absolute Gasteiger partial charge is 0.326 e. The number of carboxylic acid groups (broad SMARTS) is 1. The maximum absolute atomic E-state index is 13.8. The van der Waals surface area contributed by atoms with Gasteiger partial charge in [-0.2, -0.15) is 0 Å². The summed E-state index contributed by atoms with van der Waals surface area (Å²) in [5.74, 6) is -0.969. The normalized spacial score (nSPS) is 12.8. The summed E-state index contributed by atoms with van der Waals surface area (Å²) in [6, 6.07) is 15.1. The maximum Gasteiger partial charge on any atom is 0.326 e. The number of ether oxygens (including phenoxy) is 1. The third-order valence-electron chi connectivity index (χ3n) is 5.00. The number of halogens is 1. The number of rotatable bonds is 7. The molecule has 2 aromatic carbocycles. The molecule has 0 radical (unpaired) electrons. The Labute approximate surface area is 178 Å². The van der Waals surface area contributed by atoms with E-state index < -0.39 is 11.8 Å². The molecule has 158 valence electrons. The monoisotopic (exact) mass is 421 g/mol. The standard InChI is InChI=1S/C23H20FN3O4/c24-18-5-3-11-25-20(18)14-31-17-9-7-15(8-10-22(28)29)21(12-17)27-13-16-4-1-2-6-19(16)26-23(27)30/h1-7,9,11-12H,8,10,13-14H2,(H,26,30)(H,28,29). The fourth-order valence-electron chi connectivity index (χ4n) is 3.41. The van der Waals surface area contributed by atoms with E-state index in [-0.39, 0.29) is 31.2 Å². The predicted octanol–water partition coefficient (Wildman–Crippen LogP) is 4.37. The van der Waals surface area contributed by atoms with Gasteiger partial charge < -0.3 is 15.2 Å². The first kappa shape index (κ1) is 20.3. The zero-order chi connectivity index (χ0) is 21.8. The fraction of sp³-hybridized carbons (Fsp3) is 0.174. The topological polar surface area (TPSA) is 91.8 Å². The molecule has 2 amide bonds. The van der Waals surface area contributed by atoms with Gasteiger partial charge in [0.05, 0.1) is 12.2 Å². The first-order chi connectivity index (χ1) is 15.0. The van der Waals surface area contributed by atoms with Crippen molar-refractivity contribution in [2.75, 3.05) is 10.2 Å². The summed E-state index contributed by atoms with van der Waals surface area (Å²) >= 11 is 0. The Bertz CT molecular complexity index is 1140. The van der Waals surface area contributed by atoms with Crippen molar-refractivity contribution in [2.24, 2.45) is 0 Å². The number of aliphatic carboxylic acids is 1. The number of para-hydroxylation sites is 1. The molecular weight excluding hydrogens is 401 g/mol. The van der Waals surface area contributed by atoms with E-state index >= 15 is 0 Å².